The number of hydrogen-bond acceptors (Lipinski definition) is 4. The summed E-state index contributed by atoms with van der Waals surface area (Å²) >= 11 is 0.0646. The van der Waals surface area contributed by atoms with Gasteiger partial charge in [0.15, 0.2) is 10.7 Å². The Morgan fingerprint density at radius 3 is 2.80 bits per heavy atom. The lowest BCUT2D eigenvalue weighted by molar-refractivity contribution is 0.106. The molecule has 1 fully saturated rings. The number of rotatable bonds is 5. The van der Waals surface area contributed by atoms with E-state index in [1.54, 1.807) is 0 Å². The molecule has 3 nitrogen and oxygen atoms in total. The third-order valence-corrected chi connectivity index (χ3v) is 6.84. The van der Waals surface area contributed by atoms with Gasteiger partial charge in [0.25, 0.3) is 0 Å². The molecule has 7 heteroatoms. The Kier molecular flexibility index (Phi) is 4.73. The number of halogens is 2. The summed E-state index contributed by atoms with van der Waals surface area (Å²) in [5, 5.41) is 1.19. The average Bonchev–Trinajstić information content (AvgIpc) is 2.96. The molecular formula is C18H16F2N2OS2. The first-order valence-corrected chi connectivity index (χ1v) is 10.1. The Bertz CT molecular complexity index is 896. The number of hydrogen-bond donors (Lipinski definition) is 0. The maximum atomic E-state index is 13.7. The molecule has 0 N–H and O–H groups in total. The van der Waals surface area contributed by atoms with E-state index in [1.165, 1.54) is 27.7 Å². The molecule has 1 aliphatic heterocycles. The predicted octanol–water partition coefficient (Wildman–Crippen LogP) is 3.81. The van der Waals surface area contributed by atoms with Crippen molar-refractivity contribution < 1.29 is 13.3 Å². The number of benzene rings is 2. The lowest BCUT2D eigenvalue weighted by atomic mass is 10.0. The molecule has 4 rings (SSSR count). The first-order chi connectivity index (χ1) is 12.1. The standard InChI is InChI=1S/C18H16F2N2OS2/c19-13-5-6-18(15(20)7-13)25(23)11-12-8-22(9-12)10-16-14-3-1-2-4-17(14)24-21-16/h1-7,12H,8-11H2. The maximum absolute atomic E-state index is 13.7. The van der Waals surface area contributed by atoms with Crippen LogP contribution in [0.5, 0.6) is 0 Å². The van der Waals surface area contributed by atoms with Crippen LogP contribution in [0.3, 0.4) is 0 Å². The normalized spacial score (nSPS) is 16.9. The summed E-state index contributed by atoms with van der Waals surface area (Å²) in [6, 6.07) is 11.4. The highest BCUT2D eigenvalue weighted by Crippen LogP contribution is 2.28. The van der Waals surface area contributed by atoms with Crippen LogP contribution in [0, 0.1) is 17.6 Å². The second-order valence-corrected chi connectivity index (χ2v) is 8.54. The van der Waals surface area contributed by atoms with Gasteiger partial charge in [0.2, 0.25) is 0 Å². The fourth-order valence-corrected chi connectivity index (χ4v) is 5.24. The van der Waals surface area contributed by atoms with Crippen molar-refractivity contribution in [3.8, 4) is 0 Å². The van der Waals surface area contributed by atoms with Crippen LogP contribution in [-0.4, -0.2) is 32.7 Å². The summed E-state index contributed by atoms with van der Waals surface area (Å²) < 4.78 is 44.6. The van der Waals surface area contributed by atoms with Gasteiger partial charge in [0.05, 0.1) is 10.4 Å². The summed E-state index contributed by atoms with van der Waals surface area (Å²) in [6.07, 6.45) is 0. The summed E-state index contributed by atoms with van der Waals surface area (Å²) in [6.45, 7) is 2.42. The minimum Gasteiger partial charge on any atom is -0.611 e. The van der Waals surface area contributed by atoms with E-state index in [0.717, 1.165) is 37.5 Å². The highest BCUT2D eigenvalue weighted by atomic mass is 32.2. The molecule has 0 radical (unpaired) electrons. The van der Waals surface area contributed by atoms with Gasteiger partial charge >= 0.3 is 0 Å². The van der Waals surface area contributed by atoms with E-state index in [4.69, 9.17) is 0 Å². The summed E-state index contributed by atoms with van der Waals surface area (Å²) in [5.74, 6) is -0.723. The minimum absolute atomic E-state index is 0.0883. The van der Waals surface area contributed by atoms with Crippen molar-refractivity contribution in [3.05, 3.63) is 59.8 Å². The van der Waals surface area contributed by atoms with E-state index in [-0.39, 0.29) is 10.8 Å². The molecule has 2 aromatic carbocycles. The largest absolute Gasteiger partial charge is 0.611 e. The van der Waals surface area contributed by atoms with Gasteiger partial charge in [-0.2, -0.15) is 4.37 Å². The molecule has 1 unspecified atom stereocenters. The second-order valence-electron chi connectivity index (χ2n) is 6.27. The van der Waals surface area contributed by atoms with Gasteiger partial charge in [-0.1, -0.05) is 18.2 Å². The lowest BCUT2D eigenvalue weighted by Gasteiger charge is -2.38. The molecule has 0 saturated carbocycles. The number of likely N-dealkylation sites (tertiary alicyclic amines) is 1. The van der Waals surface area contributed by atoms with Crippen molar-refractivity contribution in [3.63, 3.8) is 0 Å². The third kappa shape index (κ3) is 3.55. The number of fused-ring (bicyclic) bond motifs is 1. The van der Waals surface area contributed by atoms with Crippen molar-refractivity contribution in [2.75, 3.05) is 18.8 Å². The van der Waals surface area contributed by atoms with Crippen molar-refractivity contribution in [1.29, 1.82) is 0 Å². The average molecular weight is 378 g/mol. The van der Waals surface area contributed by atoms with Gasteiger partial charge < -0.3 is 4.55 Å². The molecule has 1 atom stereocenters. The van der Waals surface area contributed by atoms with Gasteiger partial charge in [-0.15, -0.1) is 0 Å². The molecule has 0 spiro atoms. The van der Waals surface area contributed by atoms with Crippen molar-refractivity contribution in [2.24, 2.45) is 5.92 Å². The van der Waals surface area contributed by atoms with Crippen LogP contribution in [0.1, 0.15) is 5.69 Å². The Balaban J connectivity index is 1.33. The van der Waals surface area contributed by atoms with Gasteiger partial charge in [-0.05, 0) is 40.9 Å². The Morgan fingerprint density at radius 2 is 2.00 bits per heavy atom. The monoisotopic (exact) mass is 378 g/mol. The predicted molar refractivity (Wildman–Crippen MR) is 96.0 cm³/mol. The molecule has 0 bridgehead atoms. The van der Waals surface area contributed by atoms with Crippen LogP contribution in [-0.2, 0) is 17.7 Å². The summed E-state index contributed by atoms with van der Waals surface area (Å²) in [7, 11) is 0. The zero-order chi connectivity index (χ0) is 17.4. The van der Waals surface area contributed by atoms with E-state index < -0.39 is 22.8 Å². The minimum atomic E-state index is -1.44. The second kappa shape index (κ2) is 6.99. The van der Waals surface area contributed by atoms with Gasteiger partial charge in [0.1, 0.15) is 11.6 Å². The Morgan fingerprint density at radius 1 is 1.20 bits per heavy atom. The molecule has 2 heterocycles. The smallest absolute Gasteiger partial charge is 0.188 e. The molecule has 1 saturated heterocycles. The van der Waals surface area contributed by atoms with Gasteiger partial charge in [-0.25, -0.2) is 8.78 Å². The van der Waals surface area contributed by atoms with Crippen LogP contribution in [0.2, 0.25) is 0 Å². The van der Waals surface area contributed by atoms with E-state index in [0.29, 0.717) is 5.75 Å². The fraction of sp³-hybridized carbons (Fsp3) is 0.278. The van der Waals surface area contributed by atoms with Crippen molar-refractivity contribution in [2.45, 2.75) is 11.4 Å². The Labute approximate surface area is 151 Å². The van der Waals surface area contributed by atoms with E-state index >= 15 is 0 Å². The van der Waals surface area contributed by atoms with Crippen molar-refractivity contribution >= 4 is 32.8 Å². The van der Waals surface area contributed by atoms with Gasteiger partial charge in [0, 0.05) is 37.0 Å². The zero-order valence-electron chi connectivity index (χ0n) is 13.3. The fourth-order valence-electron chi connectivity index (χ4n) is 3.14. The van der Waals surface area contributed by atoms with Gasteiger partial charge in [-0.3, -0.25) is 4.90 Å². The molecular weight excluding hydrogens is 362 g/mol. The molecule has 130 valence electrons. The van der Waals surface area contributed by atoms with Crippen LogP contribution in [0.15, 0.2) is 47.4 Å². The molecule has 25 heavy (non-hydrogen) atoms. The highest BCUT2D eigenvalue weighted by molar-refractivity contribution is 7.91. The molecule has 0 aliphatic carbocycles. The molecule has 0 amide bonds. The number of aromatic nitrogens is 1. The van der Waals surface area contributed by atoms with E-state index in [1.807, 2.05) is 12.1 Å². The third-order valence-electron chi connectivity index (χ3n) is 4.38. The Hall–Kier alpha value is -1.54. The molecule has 1 aromatic heterocycles. The maximum Gasteiger partial charge on any atom is 0.188 e. The first-order valence-electron chi connectivity index (χ1n) is 7.99. The SMILES string of the molecule is [O-][S+](CC1CN(Cc2nsc3ccccc23)C1)c1ccc(F)cc1F. The number of nitrogens with zero attached hydrogens (tertiary/aromatic N) is 2. The lowest BCUT2D eigenvalue weighted by Crippen LogP contribution is -2.48. The molecule has 3 aromatic rings. The summed E-state index contributed by atoms with van der Waals surface area (Å²) in [4.78, 5) is 2.34. The molecule has 1 aliphatic rings. The van der Waals surface area contributed by atoms with E-state index in [2.05, 4.69) is 21.4 Å². The topological polar surface area (TPSA) is 39.2 Å². The summed E-state index contributed by atoms with van der Waals surface area (Å²) in [5.41, 5.74) is 1.07. The van der Waals surface area contributed by atoms with Crippen LogP contribution < -0.4 is 0 Å². The highest BCUT2D eigenvalue weighted by Gasteiger charge is 2.32. The van der Waals surface area contributed by atoms with Crippen molar-refractivity contribution in [1.82, 2.24) is 9.27 Å². The quantitative estimate of drug-likeness (QED) is 0.634. The van der Waals surface area contributed by atoms with Crippen LogP contribution >= 0.6 is 11.5 Å². The van der Waals surface area contributed by atoms with E-state index in [9.17, 15) is 13.3 Å². The zero-order valence-corrected chi connectivity index (χ0v) is 15.0. The van der Waals surface area contributed by atoms with Crippen LogP contribution in [0.4, 0.5) is 8.78 Å². The van der Waals surface area contributed by atoms with Crippen LogP contribution in [0.25, 0.3) is 10.1 Å². The first kappa shape index (κ1) is 16.9.